The van der Waals surface area contributed by atoms with Crippen LogP contribution in [0.5, 0.6) is 5.75 Å². The molecule has 5 nitrogen and oxygen atoms in total. The lowest BCUT2D eigenvalue weighted by atomic mass is 10.1. The third-order valence-corrected chi connectivity index (χ3v) is 5.33. The van der Waals surface area contributed by atoms with Gasteiger partial charge in [0.05, 0.1) is 12.6 Å². The maximum atomic E-state index is 5.21. The molecule has 0 radical (unpaired) electrons. The first-order valence-corrected chi connectivity index (χ1v) is 9.24. The number of thioether (sulfide) groups is 1. The first-order chi connectivity index (χ1) is 12.8. The van der Waals surface area contributed by atoms with Gasteiger partial charge in [0, 0.05) is 29.9 Å². The minimum Gasteiger partial charge on any atom is -0.497 e. The van der Waals surface area contributed by atoms with Gasteiger partial charge in [0.25, 0.3) is 0 Å². The molecule has 0 aliphatic heterocycles. The van der Waals surface area contributed by atoms with Gasteiger partial charge in [0.1, 0.15) is 5.75 Å². The van der Waals surface area contributed by atoms with E-state index in [0.29, 0.717) is 0 Å². The van der Waals surface area contributed by atoms with Gasteiger partial charge in [-0.05, 0) is 35.9 Å². The summed E-state index contributed by atoms with van der Waals surface area (Å²) >= 11 is 1.66. The predicted octanol–water partition coefficient (Wildman–Crippen LogP) is 4.33. The number of nitrogens with zero attached hydrogens (tertiary/aromatic N) is 4. The minimum atomic E-state index is 0.795. The number of rotatable bonds is 5. The Kier molecular flexibility index (Phi) is 4.58. The summed E-state index contributed by atoms with van der Waals surface area (Å²) in [5, 5.41) is 10.7. The molecule has 130 valence electrons. The summed E-state index contributed by atoms with van der Waals surface area (Å²) in [5.41, 5.74) is 3.25. The molecule has 0 saturated heterocycles. The van der Waals surface area contributed by atoms with Crippen molar-refractivity contribution in [1.82, 2.24) is 19.7 Å². The molecule has 0 bridgehead atoms. The lowest BCUT2D eigenvalue weighted by Crippen LogP contribution is -1.95. The topological polar surface area (TPSA) is 52.8 Å². The molecule has 0 N–H and O–H groups in total. The Bertz CT molecular complexity index is 1040. The Morgan fingerprint density at radius 2 is 1.81 bits per heavy atom. The number of hydrogen-bond acceptors (Lipinski definition) is 5. The molecule has 0 saturated carbocycles. The van der Waals surface area contributed by atoms with E-state index >= 15 is 0 Å². The SMILES string of the molecule is COc1ccc(-c2nnc(SCc3cccc4cccnc34)n2C)cc1. The van der Waals surface area contributed by atoms with Crippen molar-refractivity contribution < 1.29 is 4.74 Å². The number of fused-ring (bicyclic) bond motifs is 1. The molecule has 0 fully saturated rings. The number of ether oxygens (including phenoxy) is 1. The highest BCUT2D eigenvalue weighted by molar-refractivity contribution is 7.98. The van der Waals surface area contributed by atoms with Crippen molar-refractivity contribution in [3.05, 3.63) is 66.4 Å². The number of hydrogen-bond donors (Lipinski definition) is 0. The van der Waals surface area contributed by atoms with Gasteiger partial charge < -0.3 is 9.30 Å². The Morgan fingerprint density at radius 3 is 2.62 bits per heavy atom. The van der Waals surface area contributed by atoms with Crippen molar-refractivity contribution in [2.24, 2.45) is 7.05 Å². The number of aromatic nitrogens is 4. The minimum absolute atomic E-state index is 0.795. The molecule has 2 aromatic heterocycles. The zero-order valence-corrected chi connectivity index (χ0v) is 15.4. The molecule has 0 aliphatic carbocycles. The average molecular weight is 362 g/mol. The van der Waals surface area contributed by atoms with E-state index in [4.69, 9.17) is 4.74 Å². The Balaban J connectivity index is 1.56. The van der Waals surface area contributed by atoms with Crippen LogP contribution >= 0.6 is 11.8 Å². The number of benzene rings is 2. The fourth-order valence-corrected chi connectivity index (χ4v) is 3.75. The second-order valence-electron chi connectivity index (χ2n) is 5.87. The fourth-order valence-electron chi connectivity index (χ4n) is 2.86. The molecular weight excluding hydrogens is 344 g/mol. The van der Waals surface area contributed by atoms with Crippen molar-refractivity contribution in [2.75, 3.05) is 7.11 Å². The first kappa shape index (κ1) is 16.6. The highest BCUT2D eigenvalue weighted by Gasteiger charge is 2.12. The molecular formula is C20H18N4OS. The molecule has 0 atom stereocenters. The zero-order chi connectivity index (χ0) is 17.9. The summed E-state index contributed by atoms with van der Waals surface area (Å²) in [6, 6.07) is 18.2. The van der Waals surface area contributed by atoms with Crippen molar-refractivity contribution in [2.45, 2.75) is 10.9 Å². The standard InChI is InChI=1S/C20H18N4OS/c1-24-19(15-8-10-17(25-2)11-9-15)22-23-20(24)26-13-16-6-3-5-14-7-4-12-21-18(14)16/h3-12H,13H2,1-2H3. The summed E-state index contributed by atoms with van der Waals surface area (Å²) in [7, 11) is 3.65. The summed E-state index contributed by atoms with van der Waals surface area (Å²) in [6.45, 7) is 0. The highest BCUT2D eigenvalue weighted by Crippen LogP contribution is 2.28. The summed E-state index contributed by atoms with van der Waals surface area (Å²) in [5.74, 6) is 2.46. The second-order valence-corrected chi connectivity index (χ2v) is 6.82. The fraction of sp³-hybridized carbons (Fsp3) is 0.150. The Morgan fingerprint density at radius 1 is 1.00 bits per heavy atom. The van der Waals surface area contributed by atoms with Gasteiger partial charge in [0.15, 0.2) is 11.0 Å². The smallest absolute Gasteiger partial charge is 0.191 e. The van der Waals surface area contributed by atoms with E-state index in [1.807, 2.05) is 48.1 Å². The molecule has 0 aliphatic rings. The van der Waals surface area contributed by atoms with Crippen LogP contribution in [0.1, 0.15) is 5.56 Å². The average Bonchev–Trinajstić information content (AvgIpc) is 3.07. The van der Waals surface area contributed by atoms with Crippen LogP contribution in [0.15, 0.2) is 66.0 Å². The third kappa shape index (κ3) is 3.15. The van der Waals surface area contributed by atoms with Gasteiger partial charge in [-0.1, -0.05) is 36.0 Å². The van der Waals surface area contributed by atoms with Gasteiger partial charge in [-0.2, -0.15) is 0 Å². The van der Waals surface area contributed by atoms with Crippen LogP contribution in [-0.4, -0.2) is 26.9 Å². The Labute approximate surface area is 156 Å². The van der Waals surface area contributed by atoms with E-state index < -0.39 is 0 Å². The van der Waals surface area contributed by atoms with Crippen molar-refractivity contribution >= 4 is 22.7 Å². The van der Waals surface area contributed by atoms with Crippen LogP contribution < -0.4 is 4.74 Å². The summed E-state index contributed by atoms with van der Waals surface area (Å²) < 4.78 is 7.23. The summed E-state index contributed by atoms with van der Waals surface area (Å²) in [6.07, 6.45) is 1.83. The lowest BCUT2D eigenvalue weighted by molar-refractivity contribution is 0.415. The second kappa shape index (κ2) is 7.17. The van der Waals surface area contributed by atoms with E-state index in [9.17, 15) is 0 Å². The molecule has 2 heterocycles. The van der Waals surface area contributed by atoms with Crippen molar-refractivity contribution in [3.63, 3.8) is 0 Å². The number of methoxy groups -OCH3 is 1. The van der Waals surface area contributed by atoms with E-state index in [1.54, 1.807) is 18.9 Å². The summed E-state index contributed by atoms with van der Waals surface area (Å²) in [4.78, 5) is 4.52. The predicted molar refractivity (Wildman–Crippen MR) is 104 cm³/mol. The van der Waals surface area contributed by atoms with Crippen molar-refractivity contribution in [3.8, 4) is 17.1 Å². The molecule has 2 aromatic carbocycles. The van der Waals surface area contributed by atoms with Crippen LogP contribution in [0.25, 0.3) is 22.3 Å². The maximum absolute atomic E-state index is 5.21. The Hall–Kier alpha value is -2.86. The van der Waals surface area contributed by atoms with Gasteiger partial charge in [0.2, 0.25) is 0 Å². The molecule has 0 amide bonds. The number of para-hydroxylation sites is 1. The molecule has 4 rings (SSSR count). The lowest BCUT2D eigenvalue weighted by Gasteiger charge is -2.06. The third-order valence-electron chi connectivity index (χ3n) is 4.26. The van der Waals surface area contributed by atoms with Gasteiger partial charge in [-0.15, -0.1) is 10.2 Å². The molecule has 4 aromatic rings. The normalized spacial score (nSPS) is 11.0. The zero-order valence-electron chi connectivity index (χ0n) is 14.6. The quantitative estimate of drug-likeness (QED) is 0.495. The van der Waals surface area contributed by atoms with Gasteiger partial charge in [-0.3, -0.25) is 4.98 Å². The monoisotopic (exact) mass is 362 g/mol. The van der Waals surface area contributed by atoms with E-state index in [-0.39, 0.29) is 0 Å². The number of pyridine rings is 1. The van der Waals surface area contributed by atoms with Crippen LogP contribution in [0.3, 0.4) is 0 Å². The first-order valence-electron chi connectivity index (χ1n) is 8.25. The van der Waals surface area contributed by atoms with E-state index in [2.05, 4.69) is 39.4 Å². The van der Waals surface area contributed by atoms with Crippen LogP contribution in [0.2, 0.25) is 0 Å². The molecule has 0 spiro atoms. The van der Waals surface area contributed by atoms with Gasteiger partial charge in [-0.25, -0.2) is 0 Å². The van der Waals surface area contributed by atoms with Gasteiger partial charge >= 0.3 is 0 Å². The van der Waals surface area contributed by atoms with Crippen LogP contribution in [0, 0.1) is 0 Å². The highest BCUT2D eigenvalue weighted by atomic mass is 32.2. The maximum Gasteiger partial charge on any atom is 0.191 e. The van der Waals surface area contributed by atoms with Crippen LogP contribution in [-0.2, 0) is 12.8 Å². The van der Waals surface area contributed by atoms with Crippen molar-refractivity contribution in [1.29, 1.82) is 0 Å². The largest absolute Gasteiger partial charge is 0.497 e. The van der Waals surface area contributed by atoms with E-state index in [1.165, 1.54) is 5.56 Å². The molecule has 6 heteroatoms. The molecule has 26 heavy (non-hydrogen) atoms. The van der Waals surface area contributed by atoms with Crippen LogP contribution in [0.4, 0.5) is 0 Å². The van der Waals surface area contributed by atoms with E-state index in [0.717, 1.165) is 38.9 Å². The molecule has 0 unspecified atom stereocenters.